The highest BCUT2D eigenvalue weighted by Gasteiger charge is 2.32. The molecule has 2 aromatic rings. The average molecular weight is 312 g/mol. The van der Waals surface area contributed by atoms with E-state index in [4.69, 9.17) is 0 Å². The lowest BCUT2D eigenvalue weighted by molar-refractivity contribution is -0.274. The Bertz CT molecular complexity index is 780. The summed E-state index contributed by atoms with van der Waals surface area (Å²) in [7, 11) is 1.59. The van der Waals surface area contributed by atoms with Gasteiger partial charge in [-0.1, -0.05) is 0 Å². The van der Waals surface area contributed by atoms with Crippen molar-refractivity contribution >= 4 is 0 Å². The number of halogens is 3. The highest BCUT2D eigenvalue weighted by molar-refractivity contribution is 5.68. The van der Waals surface area contributed by atoms with Crippen LogP contribution in [0.3, 0.4) is 0 Å². The van der Waals surface area contributed by atoms with Crippen molar-refractivity contribution in [3.05, 3.63) is 45.6 Å². The van der Waals surface area contributed by atoms with Gasteiger partial charge in [0.05, 0.1) is 5.69 Å². The van der Waals surface area contributed by atoms with E-state index in [1.54, 1.807) is 27.1 Å². The molecule has 0 N–H and O–H groups in total. The van der Waals surface area contributed by atoms with Crippen LogP contribution in [0.4, 0.5) is 13.2 Å². The maximum absolute atomic E-state index is 12.4. The lowest BCUT2D eigenvalue weighted by atomic mass is 10.0. The summed E-state index contributed by atoms with van der Waals surface area (Å²) in [5.74, 6) is -0.351. The molecule has 2 heterocycles. The van der Waals surface area contributed by atoms with E-state index in [-0.39, 0.29) is 17.0 Å². The summed E-state index contributed by atoms with van der Waals surface area (Å²) in [6.07, 6.45) is -1.74. The molecular formula is C15H15F3N2O2. The zero-order valence-corrected chi connectivity index (χ0v) is 12.6. The van der Waals surface area contributed by atoms with Crippen LogP contribution in [0.2, 0.25) is 0 Å². The molecule has 0 fully saturated rings. The third-order valence-corrected chi connectivity index (χ3v) is 3.51. The first kappa shape index (κ1) is 16.1. The van der Waals surface area contributed by atoms with Crippen LogP contribution in [0.25, 0.3) is 11.1 Å². The van der Waals surface area contributed by atoms with E-state index in [0.717, 1.165) is 0 Å². The molecule has 0 radical (unpaired) electrons. The van der Waals surface area contributed by atoms with E-state index >= 15 is 0 Å². The Morgan fingerprint density at radius 1 is 1.18 bits per heavy atom. The molecule has 4 nitrogen and oxygen atoms in total. The summed E-state index contributed by atoms with van der Waals surface area (Å²) in [5, 5.41) is 0. The van der Waals surface area contributed by atoms with E-state index < -0.39 is 6.36 Å². The molecule has 0 amide bonds. The van der Waals surface area contributed by atoms with Crippen molar-refractivity contribution in [3.8, 4) is 16.9 Å². The Kier molecular flexibility index (Phi) is 4.00. The largest absolute Gasteiger partial charge is 0.573 e. The maximum Gasteiger partial charge on any atom is 0.573 e. The zero-order chi connectivity index (χ0) is 16.7. The van der Waals surface area contributed by atoms with Gasteiger partial charge in [0.25, 0.3) is 5.56 Å². The van der Waals surface area contributed by atoms with Crippen LogP contribution < -0.4 is 10.3 Å². The SMILES string of the molecule is Cc1ncc(-c2cn(C)c(=O)c(C)c2C)cc1OC(F)(F)F. The van der Waals surface area contributed by atoms with Crippen LogP contribution in [0.1, 0.15) is 16.8 Å². The fraction of sp³-hybridized carbons (Fsp3) is 0.333. The molecule has 2 aromatic heterocycles. The zero-order valence-electron chi connectivity index (χ0n) is 12.6. The number of hydrogen-bond acceptors (Lipinski definition) is 3. The number of hydrogen-bond donors (Lipinski definition) is 0. The third kappa shape index (κ3) is 3.13. The van der Waals surface area contributed by atoms with E-state index in [1.807, 2.05) is 0 Å². The van der Waals surface area contributed by atoms with Crippen LogP contribution >= 0.6 is 0 Å². The van der Waals surface area contributed by atoms with Crippen molar-refractivity contribution in [2.45, 2.75) is 27.1 Å². The molecule has 0 unspecified atom stereocenters. The molecule has 0 aliphatic carbocycles. The van der Waals surface area contributed by atoms with Gasteiger partial charge in [0, 0.05) is 36.1 Å². The highest BCUT2D eigenvalue weighted by Crippen LogP contribution is 2.31. The van der Waals surface area contributed by atoms with Crippen molar-refractivity contribution in [3.63, 3.8) is 0 Å². The maximum atomic E-state index is 12.4. The number of pyridine rings is 2. The minimum Gasteiger partial charge on any atom is -0.404 e. The molecule has 0 aliphatic rings. The number of rotatable bonds is 2. The first-order valence-corrected chi connectivity index (χ1v) is 6.49. The van der Waals surface area contributed by atoms with Crippen LogP contribution in [0.15, 0.2) is 23.3 Å². The molecule has 118 valence electrons. The summed E-state index contributed by atoms with van der Waals surface area (Å²) in [6.45, 7) is 4.86. The van der Waals surface area contributed by atoms with E-state index in [1.165, 1.54) is 23.8 Å². The minimum absolute atomic E-state index is 0.139. The topological polar surface area (TPSA) is 44.1 Å². The molecule has 0 saturated heterocycles. The van der Waals surface area contributed by atoms with Crippen molar-refractivity contribution in [2.75, 3.05) is 0 Å². The third-order valence-electron chi connectivity index (χ3n) is 3.51. The second-order valence-electron chi connectivity index (χ2n) is 5.06. The Morgan fingerprint density at radius 3 is 2.41 bits per heavy atom. The fourth-order valence-electron chi connectivity index (χ4n) is 2.16. The Balaban J connectivity index is 2.60. The monoisotopic (exact) mass is 312 g/mol. The van der Waals surface area contributed by atoms with Gasteiger partial charge in [0.2, 0.25) is 0 Å². The van der Waals surface area contributed by atoms with Crippen LogP contribution in [-0.4, -0.2) is 15.9 Å². The van der Waals surface area contributed by atoms with Gasteiger partial charge < -0.3 is 9.30 Å². The average Bonchev–Trinajstić information content (AvgIpc) is 2.42. The van der Waals surface area contributed by atoms with E-state index in [2.05, 4.69) is 9.72 Å². The van der Waals surface area contributed by atoms with Crippen LogP contribution in [0, 0.1) is 20.8 Å². The molecule has 0 spiro atoms. The number of aryl methyl sites for hydroxylation is 2. The molecule has 22 heavy (non-hydrogen) atoms. The number of aromatic nitrogens is 2. The van der Waals surface area contributed by atoms with E-state index in [0.29, 0.717) is 22.3 Å². The van der Waals surface area contributed by atoms with Gasteiger partial charge in [0.1, 0.15) is 0 Å². The predicted molar refractivity (Wildman–Crippen MR) is 75.8 cm³/mol. The molecule has 2 rings (SSSR count). The molecule has 0 aromatic carbocycles. The molecule has 7 heteroatoms. The summed E-state index contributed by atoms with van der Waals surface area (Å²) in [5.41, 5.74) is 2.33. The van der Waals surface area contributed by atoms with Gasteiger partial charge >= 0.3 is 6.36 Å². The molecule has 0 saturated carbocycles. The fourth-order valence-corrected chi connectivity index (χ4v) is 2.16. The molecular weight excluding hydrogens is 297 g/mol. The number of nitrogens with zero attached hydrogens (tertiary/aromatic N) is 2. The Labute approximate surface area is 125 Å². The van der Waals surface area contributed by atoms with Gasteiger partial charge in [-0.15, -0.1) is 13.2 Å². The quantitative estimate of drug-likeness (QED) is 0.855. The summed E-state index contributed by atoms with van der Waals surface area (Å²) in [4.78, 5) is 15.8. The van der Waals surface area contributed by atoms with Crippen molar-refractivity contribution in [1.29, 1.82) is 0 Å². The lowest BCUT2D eigenvalue weighted by Gasteiger charge is -2.14. The molecule has 0 bridgehead atoms. The first-order chi connectivity index (χ1) is 10.1. The summed E-state index contributed by atoms with van der Waals surface area (Å²) >= 11 is 0. The summed E-state index contributed by atoms with van der Waals surface area (Å²) in [6, 6.07) is 1.28. The van der Waals surface area contributed by atoms with Gasteiger partial charge in [-0.25, -0.2) is 0 Å². The predicted octanol–water partition coefficient (Wildman–Crippen LogP) is 3.27. The summed E-state index contributed by atoms with van der Waals surface area (Å²) < 4.78 is 42.6. The second kappa shape index (κ2) is 5.47. The van der Waals surface area contributed by atoms with Gasteiger partial charge in [-0.3, -0.25) is 9.78 Å². The number of ether oxygens (including phenoxy) is 1. The van der Waals surface area contributed by atoms with Crippen molar-refractivity contribution < 1.29 is 17.9 Å². The lowest BCUT2D eigenvalue weighted by Crippen LogP contribution is -2.20. The van der Waals surface area contributed by atoms with Crippen LogP contribution in [0.5, 0.6) is 5.75 Å². The van der Waals surface area contributed by atoms with Crippen molar-refractivity contribution in [2.24, 2.45) is 7.05 Å². The second-order valence-corrected chi connectivity index (χ2v) is 5.06. The Hall–Kier alpha value is -2.31. The van der Waals surface area contributed by atoms with Gasteiger partial charge in [-0.2, -0.15) is 0 Å². The van der Waals surface area contributed by atoms with E-state index in [9.17, 15) is 18.0 Å². The normalized spacial score (nSPS) is 11.6. The molecule has 0 aliphatic heterocycles. The first-order valence-electron chi connectivity index (χ1n) is 6.49. The standard InChI is InChI=1S/C15H15F3N2O2/c1-8-9(2)14(21)20(4)7-12(8)11-5-13(10(3)19-6-11)22-15(16,17)18/h5-7H,1-4H3. The molecule has 0 atom stereocenters. The minimum atomic E-state index is -4.78. The van der Waals surface area contributed by atoms with Gasteiger partial charge in [-0.05, 0) is 32.4 Å². The van der Waals surface area contributed by atoms with Gasteiger partial charge in [0.15, 0.2) is 5.75 Å². The number of alkyl halides is 3. The smallest absolute Gasteiger partial charge is 0.404 e. The Morgan fingerprint density at radius 2 is 1.82 bits per heavy atom. The highest BCUT2D eigenvalue weighted by atomic mass is 19.4. The van der Waals surface area contributed by atoms with Crippen LogP contribution in [-0.2, 0) is 7.05 Å². The van der Waals surface area contributed by atoms with Crippen molar-refractivity contribution in [1.82, 2.24) is 9.55 Å².